The van der Waals surface area contributed by atoms with Crippen LogP contribution in [0.1, 0.15) is 18.4 Å². The largest absolute Gasteiger partial charge is 0.416 e. The Morgan fingerprint density at radius 3 is 2.88 bits per heavy atom. The van der Waals surface area contributed by atoms with Gasteiger partial charge in [-0.1, -0.05) is 0 Å². The van der Waals surface area contributed by atoms with Crippen LogP contribution < -0.4 is 10.6 Å². The number of alkyl halides is 3. The van der Waals surface area contributed by atoms with Crippen LogP contribution in [-0.2, 0) is 6.18 Å². The summed E-state index contributed by atoms with van der Waals surface area (Å²) in [7, 11) is 0. The van der Waals surface area contributed by atoms with Gasteiger partial charge in [-0.25, -0.2) is 4.98 Å². The van der Waals surface area contributed by atoms with Crippen LogP contribution >= 0.6 is 0 Å². The van der Waals surface area contributed by atoms with Crippen LogP contribution in [0.15, 0.2) is 18.3 Å². The van der Waals surface area contributed by atoms with Gasteiger partial charge >= 0.3 is 6.18 Å². The van der Waals surface area contributed by atoms with Crippen molar-refractivity contribution in [1.29, 1.82) is 0 Å². The zero-order valence-corrected chi connectivity index (χ0v) is 9.22. The maximum Gasteiger partial charge on any atom is 0.416 e. The summed E-state index contributed by atoms with van der Waals surface area (Å²) in [4.78, 5) is 3.91. The van der Waals surface area contributed by atoms with Gasteiger partial charge in [0.2, 0.25) is 0 Å². The fraction of sp³-hybridized carbons (Fsp3) is 0.545. The lowest BCUT2D eigenvalue weighted by molar-refractivity contribution is -0.137. The normalized spacial score (nSPS) is 21.2. The Morgan fingerprint density at radius 1 is 1.41 bits per heavy atom. The van der Waals surface area contributed by atoms with Crippen molar-refractivity contribution < 1.29 is 13.2 Å². The number of rotatable bonds is 2. The molecule has 3 nitrogen and oxygen atoms in total. The molecule has 0 aromatic carbocycles. The molecule has 6 heteroatoms. The van der Waals surface area contributed by atoms with E-state index in [-0.39, 0.29) is 11.9 Å². The number of piperidine rings is 1. The molecule has 1 aromatic heterocycles. The number of nitrogens with one attached hydrogen (secondary N) is 2. The monoisotopic (exact) mass is 245 g/mol. The second-order valence-electron chi connectivity index (χ2n) is 4.12. The number of hydrogen-bond acceptors (Lipinski definition) is 3. The summed E-state index contributed by atoms with van der Waals surface area (Å²) in [6, 6.07) is 2.18. The van der Waals surface area contributed by atoms with Gasteiger partial charge in [0.1, 0.15) is 5.82 Å². The average molecular weight is 245 g/mol. The van der Waals surface area contributed by atoms with Gasteiger partial charge < -0.3 is 10.6 Å². The Labute approximate surface area is 97.4 Å². The molecule has 0 aliphatic carbocycles. The first kappa shape index (κ1) is 12.2. The third kappa shape index (κ3) is 3.33. The van der Waals surface area contributed by atoms with Crippen molar-refractivity contribution in [2.75, 3.05) is 18.4 Å². The Balaban J connectivity index is 2.05. The highest BCUT2D eigenvalue weighted by Crippen LogP contribution is 2.30. The third-order valence-corrected chi connectivity index (χ3v) is 2.74. The van der Waals surface area contributed by atoms with E-state index in [9.17, 15) is 13.2 Å². The molecule has 0 saturated carbocycles. The summed E-state index contributed by atoms with van der Waals surface area (Å²) in [5, 5.41) is 6.21. The molecule has 0 bridgehead atoms. The van der Waals surface area contributed by atoms with Gasteiger partial charge in [0.25, 0.3) is 0 Å². The molecule has 0 radical (unpaired) electrons. The predicted molar refractivity (Wildman–Crippen MR) is 58.8 cm³/mol. The fourth-order valence-electron chi connectivity index (χ4n) is 1.87. The lowest BCUT2D eigenvalue weighted by atomic mass is 10.1. The van der Waals surface area contributed by atoms with Crippen LogP contribution in [0.25, 0.3) is 0 Å². The molecule has 0 amide bonds. The van der Waals surface area contributed by atoms with Crippen molar-refractivity contribution in [3.8, 4) is 0 Å². The third-order valence-electron chi connectivity index (χ3n) is 2.74. The second kappa shape index (κ2) is 4.91. The minimum Gasteiger partial charge on any atom is -0.366 e. The summed E-state index contributed by atoms with van der Waals surface area (Å²) >= 11 is 0. The van der Waals surface area contributed by atoms with Gasteiger partial charge in [-0.05, 0) is 31.5 Å². The standard InChI is InChI=1S/C11H14F3N3/c12-11(13,14)8-3-5-16-10(6-8)17-9-2-1-4-15-7-9/h3,5-6,9,15H,1-2,4,7H2,(H,16,17). The topological polar surface area (TPSA) is 37.0 Å². The highest BCUT2D eigenvalue weighted by molar-refractivity contribution is 5.39. The first-order valence-corrected chi connectivity index (χ1v) is 5.56. The second-order valence-corrected chi connectivity index (χ2v) is 4.12. The molecule has 1 aromatic rings. The van der Waals surface area contributed by atoms with Gasteiger partial charge in [0, 0.05) is 18.8 Å². The van der Waals surface area contributed by atoms with Crippen molar-refractivity contribution in [2.45, 2.75) is 25.1 Å². The van der Waals surface area contributed by atoms with Gasteiger partial charge in [-0.2, -0.15) is 13.2 Å². The molecule has 1 saturated heterocycles. The van der Waals surface area contributed by atoms with Crippen LogP contribution in [0.5, 0.6) is 0 Å². The van der Waals surface area contributed by atoms with E-state index < -0.39 is 11.7 Å². The first-order valence-electron chi connectivity index (χ1n) is 5.56. The Kier molecular flexibility index (Phi) is 3.51. The number of anilines is 1. The highest BCUT2D eigenvalue weighted by atomic mass is 19.4. The zero-order chi connectivity index (χ0) is 12.3. The molecule has 94 valence electrons. The SMILES string of the molecule is FC(F)(F)c1ccnc(NC2CCCNC2)c1. The van der Waals surface area contributed by atoms with Crippen LogP contribution in [0.3, 0.4) is 0 Å². The van der Waals surface area contributed by atoms with Gasteiger partial charge in [-0.3, -0.25) is 0 Å². The average Bonchev–Trinajstić information content (AvgIpc) is 2.29. The summed E-state index contributed by atoms with van der Waals surface area (Å²) < 4.78 is 37.4. The first-order chi connectivity index (χ1) is 8.05. The smallest absolute Gasteiger partial charge is 0.366 e. The van der Waals surface area contributed by atoms with Crippen LogP contribution in [0.2, 0.25) is 0 Å². The molecule has 1 unspecified atom stereocenters. The van der Waals surface area contributed by atoms with E-state index in [1.807, 2.05) is 0 Å². The molecule has 1 fully saturated rings. The van der Waals surface area contributed by atoms with Crippen molar-refractivity contribution in [3.05, 3.63) is 23.9 Å². The quantitative estimate of drug-likeness (QED) is 0.839. The maximum atomic E-state index is 12.5. The number of nitrogens with zero attached hydrogens (tertiary/aromatic N) is 1. The van der Waals surface area contributed by atoms with Crippen LogP contribution in [-0.4, -0.2) is 24.1 Å². The van der Waals surface area contributed by atoms with E-state index in [0.29, 0.717) is 0 Å². The zero-order valence-electron chi connectivity index (χ0n) is 9.22. The van der Waals surface area contributed by atoms with E-state index in [1.54, 1.807) is 0 Å². The molecule has 0 spiro atoms. The number of halogens is 3. The van der Waals surface area contributed by atoms with E-state index in [0.717, 1.165) is 38.1 Å². The van der Waals surface area contributed by atoms with E-state index in [4.69, 9.17) is 0 Å². The molecule has 17 heavy (non-hydrogen) atoms. The van der Waals surface area contributed by atoms with Crippen molar-refractivity contribution in [3.63, 3.8) is 0 Å². The molecule has 2 heterocycles. The van der Waals surface area contributed by atoms with Crippen molar-refractivity contribution in [1.82, 2.24) is 10.3 Å². The lowest BCUT2D eigenvalue weighted by Crippen LogP contribution is -2.38. The molecule has 1 aliphatic heterocycles. The van der Waals surface area contributed by atoms with Crippen LogP contribution in [0.4, 0.5) is 19.0 Å². The Bertz CT molecular complexity index is 372. The predicted octanol–water partition coefficient (Wildman–Crippen LogP) is 2.26. The molecular weight excluding hydrogens is 231 g/mol. The number of hydrogen-bond donors (Lipinski definition) is 2. The number of pyridine rings is 1. The van der Waals surface area contributed by atoms with E-state index >= 15 is 0 Å². The fourth-order valence-corrected chi connectivity index (χ4v) is 1.87. The molecule has 1 aliphatic rings. The van der Waals surface area contributed by atoms with Crippen LogP contribution in [0, 0.1) is 0 Å². The van der Waals surface area contributed by atoms with Gasteiger partial charge in [0.05, 0.1) is 5.56 Å². The van der Waals surface area contributed by atoms with Crippen molar-refractivity contribution in [2.24, 2.45) is 0 Å². The summed E-state index contributed by atoms with van der Waals surface area (Å²) in [6.07, 6.45) is -1.16. The highest BCUT2D eigenvalue weighted by Gasteiger charge is 2.30. The van der Waals surface area contributed by atoms with Gasteiger partial charge in [-0.15, -0.1) is 0 Å². The summed E-state index contributed by atoms with van der Waals surface area (Å²) in [5.74, 6) is 0.286. The minimum absolute atomic E-state index is 0.153. The molecular formula is C11H14F3N3. The van der Waals surface area contributed by atoms with Gasteiger partial charge in [0.15, 0.2) is 0 Å². The van der Waals surface area contributed by atoms with E-state index in [1.165, 1.54) is 6.20 Å². The Hall–Kier alpha value is -1.30. The molecule has 1 atom stereocenters. The molecule has 2 N–H and O–H groups in total. The maximum absolute atomic E-state index is 12.5. The van der Waals surface area contributed by atoms with E-state index in [2.05, 4.69) is 15.6 Å². The summed E-state index contributed by atoms with van der Waals surface area (Å²) in [6.45, 7) is 1.73. The number of aromatic nitrogens is 1. The summed E-state index contributed by atoms with van der Waals surface area (Å²) in [5.41, 5.74) is -0.668. The van der Waals surface area contributed by atoms with Crippen molar-refractivity contribution >= 4 is 5.82 Å². The molecule has 2 rings (SSSR count). The lowest BCUT2D eigenvalue weighted by Gasteiger charge is -2.24. The minimum atomic E-state index is -4.32. The Morgan fingerprint density at radius 2 is 2.24 bits per heavy atom.